The number of hydrogen-bond donors (Lipinski definition) is 0. The third kappa shape index (κ3) is 7.02. The van der Waals surface area contributed by atoms with Crippen molar-refractivity contribution in [2.24, 2.45) is 22.7 Å². The van der Waals surface area contributed by atoms with Gasteiger partial charge in [-0.2, -0.15) is 0 Å². The number of allylic oxidation sites excluding steroid dienone is 1. The minimum Gasteiger partial charge on any atom is -0.472 e. The van der Waals surface area contributed by atoms with Crippen molar-refractivity contribution < 1.29 is 71.1 Å². The number of carbonyl (C=O) groups excluding carboxylic acids is 6. The summed E-state index contributed by atoms with van der Waals surface area (Å²) in [5.41, 5.74) is -0.681. The Morgan fingerprint density at radius 1 is 0.940 bits per heavy atom. The quantitative estimate of drug-likeness (QED) is 0.241. The van der Waals surface area contributed by atoms with Gasteiger partial charge in [0, 0.05) is 44.2 Å². The average molecular weight is 705 g/mol. The number of furan rings is 1. The monoisotopic (exact) mass is 704 g/mol. The minimum atomic E-state index is -1.48. The fourth-order valence-corrected chi connectivity index (χ4v) is 8.50. The molecule has 0 N–H and O–H groups in total. The molecule has 0 spiro atoms. The van der Waals surface area contributed by atoms with Crippen LogP contribution in [0.1, 0.15) is 78.9 Å². The standard InChI is InChI=1S/C35H44O15/c1-17(36)44-16-25-28(45-18(2)37)29(46-19(3)38)30(47-20(4)39)33(49-25)48-24(21-11-12-43-15-21)14-34(5)23-13-27(50-32(23)41)35(6)22(31(40)42-7)9-8-10-26(34)35/h9,11-12,15,23-30,33H,8,10,13-14,16H2,1-7H3/t23-,24+,25+,26-,27-,28+,29-,30+,33+,34+,35-/m0/s1. The van der Waals surface area contributed by atoms with Gasteiger partial charge in [0.1, 0.15) is 18.8 Å². The molecule has 1 saturated carbocycles. The van der Waals surface area contributed by atoms with Gasteiger partial charge in [-0.1, -0.05) is 19.9 Å². The Hall–Kier alpha value is -4.24. The zero-order chi connectivity index (χ0) is 36.5. The first-order valence-electron chi connectivity index (χ1n) is 16.6. The van der Waals surface area contributed by atoms with Crippen LogP contribution in [0.5, 0.6) is 0 Å². The Morgan fingerprint density at radius 2 is 1.60 bits per heavy atom. The van der Waals surface area contributed by atoms with E-state index in [4.69, 9.17) is 42.3 Å². The second-order valence-electron chi connectivity index (χ2n) is 13.7. The van der Waals surface area contributed by atoms with E-state index in [1.807, 2.05) is 19.9 Å². The van der Waals surface area contributed by atoms with E-state index >= 15 is 0 Å². The van der Waals surface area contributed by atoms with Crippen LogP contribution in [0.2, 0.25) is 0 Å². The number of hydrogen-bond acceptors (Lipinski definition) is 15. The first-order valence-corrected chi connectivity index (χ1v) is 16.6. The van der Waals surface area contributed by atoms with E-state index in [0.717, 1.165) is 20.8 Å². The van der Waals surface area contributed by atoms with Gasteiger partial charge < -0.3 is 42.3 Å². The molecule has 0 aromatic carbocycles. The highest BCUT2D eigenvalue weighted by atomic mass is 16.7. The highest BCUT2D eigenvalue weighted by Crippen LogP contribution is 2.66. The molecular weight excluding hydrogens is 660 g/mol. The lowest BCUT2D eigenvalue weighted by Gasteiger charge is -2.56. The second-order valence-corrected chi connectivity index (χ2v) is 13.7. The molecule has 1 aromatic heterocycles. The molecule has 2 saturated heterocycles. The third-order valence-corrected chi connectivity index (χ3v) is 10.6. The fraction of sp³-hybridized carbons (Fsp3) is 0.657. The number of fused-ring (bicyclic) bond motifs is 4. The van der Waals surface area contributed by atoms with E-state index in [2.05, 4.69) is 0 Å². The summed E-state index contributed by atoms with van der Waals surface area (Å²) in [4.78, 5) is 75.5. The number of carbonyl (C=O) groups is 6. The highest BCUT2D eigenvalue weighted by Gasteiger charge is 2.68. The number of esters is 6. The van der Waals surface area contributed by atoms with Crippen molar-refractivity contribution in [1.29, 1.82) is 0 Å². The van der Waals surface area contributed by atoms with Crippen molar-refractivity contribution in [1.82, 2.24) is 0 Å². The molecule has 0 unspecified atom stereocenters. The molecule has 5 rings (SSSR count). The maximum absolute atomic E-state index is 13.5. The molecule has 274 valence electrons. The van der Waals surface area contributed by atoms with Crippen LogP contribution in [-0.2, 0) is 66.7 Å². The van der Waals surface area contributed by atoms with Gasteiger partial charge in [0.05, 0.1) is 31.7 Å². The summed E-state index contributed by atoms with van der Waals surface area (Å²) < 4.78 is 51.4. The Kier molecular flexibility index (Phi) is 10.8. The first kappa shape index (κ1) is 37.0. The molecule has 2 bridgehead atoms. The number of rotatable bonds is 11. The fourth-order valence-electron chi connectivity index (χ4n) is 8.50. The molecule has 50 heavy (non-hydrogen) atoms. The summed E-state index contributed by atoms with van der Waals surface area (Å²) in [5.74, 6) is -4.62. The summed E-state index contributed by atoms with van der Waals surface area (Å²) in [6.07, 6.45) is -1.84. The lowest BCUT2D eigenvalue weighted by molar-refractivity contribution is -0.320. The first-order chi connectivity index (χ1) is 23.6. The molecule has 2 aliphatic heterocycles. The van der Waals surface area contributed by atoms with Crippen molar-refractivity contribution in [3.8, 4) is 0 Å². The summed E-state index contributed by atoms with van der Waals surface area (Å²) in [6, 6.07) is 1.68. The van der Waals surface area contributed by atoms with Crippen LogP contribution in [0.25, 0.3) is 0 Å². The van der Waals surface area contributed by atoms with Crippen LogP contribution in [0.15, 0.2) is 34.7 Å². The van der Waals surface area contributed by atoms with E-state index in [0.29, 0.717) is 30.4 Å². The zero-order valence-corrected chi connectivity index (χ0v) is 29.2. The third-order valence-electron chi connectivity index (χ3n) is 10.6. The van der Waals surface area contributed by atoms with Gasteiger partial charge in [0.2, 0.25) is 0 Å². The largest absolute Gasteiger partial charge is 0.472 e. The van der Waals surface area contributed by atoms with Gasteiger partial charge in [-0.05, 0) is 43.1 Å². The Balaban J connectivity index is 1.56. The highest BCUT2D eigenvalue weighted by molar-refractivity contribution is 5.91. The van der Waals surface area contributed by atoms with Crippen molar-refractivity contribution in [2.75, 3.05) is 13.7 Å². The van der Waals surface area contributed by atoms with Gasteiger partial charge in [0.15, 0.2) is 24.6 Å². The maximum Gasteiger partial charge on any atom is 0.334 e. The van der Waals surface area contributed by atoms with Gasteiger partial charge in [0.25, 0.3) is 0 Å². The Morgan fingerprint density at radius 3 is 2.20 bits per heavy atom. The summed E-state index contributed by atoms with van der Waals surface area (Å²) >= 11 is 0. The van der Waals surface area contributed by atoms with Gasteiger partial charge in [-0.25, -0.2) is 4.79 Å². The summed E-state index contributed by atoms with van der Waals surface area (Å²) in [7, 11) is 1.32. The molecule has 1 aromatic rings. The molecule has 11 atom stereocenters. The molecule has 4 aliphatic rings. The van der Waals surface area contributed by atoms with Crippen molar-refractivity contribution in [3.63, 3.8) is 0 Å². The van der Waals surface area contributed by atoms with Crippen molar-refractivity contribution >= 4 is 35.8 Å². The molecule has 15 nitrogen and oxygen atoms in total. The van der Waals surface area contributed by atoms with Gasteiger partial charge in [-0.15, -0.1) is 0 Å². The van der Waals surface area contributed by atoms with Gasteiger partial charge in [-0.3, -0.25) is 24.0 Å². The van der Waals surface area contributed by atoms with E-state index in [-0.39, 0.29) is 18.3 Å². The van der Waals surface area contributed by atoms with E-state index < -0.39 is 96.1 Å². The van der Waals surface area contributed by atoms with Crippen LogP contribution in [0.3, 0.4) is 0 Å². The normalized spacial score (nSPS) is 35.0. The summed E-state index contributed by atoms with van der Waals surface area (Å²) in [6.45, 7) is 8.08. The topological polar surface area (TPSA) is 189 Å². The summed E-state index contributed by atoms with van der Waals surface area (Å²) in [5, 5.41) is 0. The Bertz CT molecular complexity index is 1520. The number of methoxy groups -OCH3 is 1. The molecule has 15 heteroatoms. The average Bonchev–Trinajstić information content (AvgIpc) is 3.71. The SMILES string of the molecule is COC(=O)C1=CCC[C@H]2[C@](C)(C[C@@H](O[C@@H]3O[C@H](COC(C)=O)[C@@H](OC(C)=O)[C@H](OC(C)=O)[C@H]3OC(C)=O)c3ccoc3)[C@H]3C[C@H](OC3=O)[C@@]12C. The van der Waals surface area contributed by atoms with Crippen LogP contribution >= 0.6 is 0 Å². The molecule has 0 radical (unpaired) electrons. The predicted molar refractivity (Wildman–Crippen MR) is 166 cm³/mol. The van der Waals surface area contributed by atoms with Crippen LogP contribution in [0, 0.1) is 22.7 Å². The minimum absolute atomic E-state index is 0.181. The molecule has 3 fully saturated rings. The lowest BCUT2D eigenvalue weighted by atomic mass is 9.46. The zero-order valence-electron chi connectivity index (χ0n) is 29.2. The molecule has 0 amide bonds. The Labute approximate surface area is 289 Å². The maximum atomic E-state index is 13.5. The van der Waals surface area contributed by atoms with E-state index in [1.165, 1.54) is 26.6 Å². The lowest BCUT2D eigenvalue weighted by Crippen LogP contribution is -2.63. The van der Waals surface area contributed by atoms with Gasteiger partial charge >= 0.3 is 35.8 Å². The smallest absolute Gasteiger partial charge is 0.334 e. The van der Waals surface area contributed by atoms with Crippen LogP contribution < -0.4 is 0 Å². The molecule has 2 aliphatic carbocycles. The van der Waals surface area contributed by atoms with Crippen LogP contribution in [0.4, 0.5) is 0 Å². The van der Waals surface area contributed by atoms with Crippen molar-refractivity contribution in [2.45, 2.75) is 110 Å². The van der Waals surface area contributed by atoms with Crippen LogP contribution in [-0.4, -0.2) is 86.3 Å². The predicted octanol–water partition coefficient (Wildman–Crippen LogP) is 3.28. The van der Waals surface area contributed by atoms with E-state index in [9.17, 15) is 28.8 Å². The number of ether oxygens (including phenoxy) is 8. The van der Waals surface area contributed by atoms with E-state index in [1.54, 1.807) is 6.07 Å². The van der Waals surface area contributed by atoms with Crippen molar-refractivity contribution in [3.05, 3.63) is 35.8 Å². The molecular formula is C35H44O15. The second kappa shape index (κ2) is 14.5. The molecule has 3 heterocycles.